The first-order valence-electron chi connectivity index (χ1n) is 5.54. The zero-order chi connectivity index (χ0) is 11.4. The molecule has 88 valence electrons. The van der Waals surface area contributed by atoms with Crippen molar-refractivity contribution >= 4 is 17.3 Å². The fourth-order valence-electron chi connectivity index (χ4n) is 1.94. The van der Waals surface area contributed by atoms with Crippen LogP contribution in [0.15, 0.2) is 24.3 Å². The van der Waals surface area contributed by atoms with E-state index in [0.717, 1.165) is 25.1 Å². The van der Waals surface area contributed by atoms with Gasteiger partial charge in [-0.3, -0.25) is 0 Å². The van der Waals surface area contributed by atoms with Crippen molar-refractivity contribution in [3.05, 3.63) is 29.3 Å². The summed E-state index contributed by atoms with van der Waals surface area (Å²) in [6.07, 6.45) is 2.19. The second-order valence-electron chi connectivity index (χ2n) is 3.99. The molecule has 0 aromatic heterocycles. The molecule has 0 radical (unpaired) electrons. The molecule has 2 unspecified atom stereocenters. The second-order valence-corrected chi connectivity index (χ2v) is 4.43. The average molecular weight is 242 g/mol. The highest BCUT2D eigenvalue weighted by atomic mass is 35.5. The first-order valence-corrected chi connectivity index (χ1v) is 5.92. The van der Waals surface area contributed by atoms with E-state index >= 15 is 0 Å². The van der Waals surface area contributed by atoms with Gasteiger partial charge in [-0.1, -0.05) is 11.6 Å². The lowest BCUT2D eigenvalue weighted by Crippen LogP contribution is -2.36. The Kier molecular flexibility index (Phi) is 4.04. The van der Waals surface area contributed by atoms with Crippen molar-refractivity contribution in [3.8, 4) is 0 Å². The zero-order valence-corrected chi connectivity index (χ0v) is 9.78. The number of rotatable bonds is 4. The van der Waals surface area contributed by atoms with E-state index in [1.54, 1.807) is 0 Å². The van der Waals surface area contributed by atoms with Gasteiger partial charge >= 0.3 is 0 Å². The summed E-state index contributed by atoms with van der Waals surface area (Å²) in [7, 11) is 0. The van der Waals surface area contributed by atoms with Gasteiger partial charge < -0.3 is 15.2 Å². The first-order chi connectivity index (χ1) is 7.79. The lowest BCUT2D eigenvalue weighted by Gasteiger charge is -2.23. The summed E-state index contributed by atoms with van der Waals surface area (Å²) >= 11 is 5.81. The third-order valence-corrected chi connectivity index (χ3v) is 3.06. The highest BCUT2D eigenvalue weighted by molar-refractivity contribution is 6.30. The van der Waals surface area contributed by atoms with Crippen LogP contribution >= 0.6 is 11.6 Å². The Morgan fingerprint density at radius 1 is 1.44 bits per heavy atom. The number of ether oxygens (including phenoxy) is 1. The molecule has 2 atom stereocenters. The summed E-state index contributed by atoms with van der Waals surface area (Å²) in [5, 5.41) is 13.3. The molecule has 1 aromatic carbocycles. The van der Waals surface area contributed by atoms with E-state index < -0.39 is 0 Å². The molecule has 0 aliphatic carbocycles. The average Bonchev–Trinajstić information content (AvgIpc) is 2.82. The number of benzene rings is 1. The summed E-state index contributed by atoms with van der Waals surface area (Å²) in [4.78, 5) is 0. The predicted octanol–water partition coefficient (Wildman–Crippen LogP) is 2.29. The van der Waals surface area contributed by atoms with E-state index in [4.69, 9.17) is 16.3 Å². The van der Waals surface area contributed by atoms with Crippen molar-refractivity contribution < 1.29 is 9.84 Å². The van der Waals surface area contributed by atoms with Gasteiger partial charge in [0.05, 0.1) is 18.8 Å². The number of nitrogens with one attached hydrogen (secondary N) is 1. The standard InChI is InChI=1S/C12H16ClNO2/c13-9-3-5-10(6-4-9)14-11(8-15)12-2-1-7-16-12/h3-6,11-12,14-15H,1-2,7-8H2. The van der Waals surface area contributed by atoms with Crippen molar-refractivity contribution in [2.75, 3.05) is 18.5 Å². The molecular formula is C12H16ClNO2. The van der Waals surface area contributed by atoms with Gasteiger partial charge in [0.25, 0.3) is 0 Å². The quantitative estimate of drug-likeness (QED) is 0.850. The van der Waals surface area contributed by atoms with Crippen LogP contribution in [-0.2, 0) is 4.74 Å². The van der Waals surface area contributed by atoms with Crippen LogP contribution in [0.3, 0.4) is 0 Å². The lowest BCUT2D eigenvalue weighted by atomic mass is 10.1. The van der Waals surface area contributed by atoms with Crippen LogP contribution < -0.4 is 5.32 Å². The number of halogens is 1. The minimum Gasteiger partial charge on any atom is -0.394 e. The summed E-state index contributed by atoms with van der Waals surface area (Å²) in [6, 6.07) is 7.42. The second kappa shape index (κ2) is 5.53. The van der Waals surface area contributed by atoms with Crippen LogP contribution in [0.25, 0.3) is 0 Å². The van der Waals surface area contributed by atoms with Crippen molar-refractivity contribution in [1.82, 2.24) is 0 Å². The van der Waals surface area contributed by atoms with Gasteiger partial charge in [-0.15, -0.1) is 0 Å². The molecule has 4 heteroatoms. The summed E-state index contributed by atoms with van der Waals surface area (Å²) in [5.74, 6) is 0. The van der Waals surface area contributed by atoms with Gasteiger partial charge in [0, 0.05) is 17.3 Å². The van der Waals surface area contributed by atoms with Crippen molar-refractivity contribution in [1.29, 1.82) is 0 Å². The largest absolute Gasteiger partial charge is 0.394 e. The summed E-state index contributed by atoms with van der Waals surface area (Å²) < 4.78 is 5.55. The van der Waals surface area contributed by atoms with Crippen LogP contribution in [-0.4, -0.2) is 30.5 Å². The Balaban J connectivity index is 1.97. The molecule has 0 bridgehead atoms. The fourth-order valence-corrected chi connectivity index (χ4v) is 2.06. The molecule has 0 saturated carbocycles. The Morgan fingerprint density at radius 2 is 2.19 bits per heavy atom. The molecule has 2 N–H and O–H groups in total. The maximum atomic E-state index is 9.33. The van der Waals surface area contributed by atoms with Gasteiger partial charge in [0.15, 0.2) is 0 Å². The van der Waals surface area contributed by atoms with Gasteiger partial charge in [-0.2, -0.15) is 0 Å². The Bertz CT molecular complexity index is 322. The first kappa shape index (κ1) is 11.7. The minimum atomic E-state index is -0.0383. The summed E-state index contributed by atoms with van der Waals surface area (Å²) in [6.45, 7) is 0.872. The van der Waals surface area contributed by atoms with Crippen molar-refractivity contribution in [2.45, 2.75) is 25.0 Å². The van der Waals surface area contributed by atoms with Crippen LogP contribution in [0, 0.1) is 0 Å². The lowest BCUT2D eigenvalue weighted by molar-refractivity contribution is 0.0758. The van der Waals surface area contributed by atoms with Gasteiger partial charge in [0.2, 0.25) is 0 Å². The number of hydrogen-bond donors (Lipinski definition) is 2. The predicted molar refractivity (Wildman–Crippen MR) is 64.9 cm³/mol. The number of aliphatic hydroxyl groups is 1. The minimum absolute atomic E-state index is 0.0383. The highest BCUT2D eigenvalue weighted by Crippen LogP contribution is 2.20. The monoisotopic (exact) mass is 241 g/mol. The molecule has 1 aliphatic rings. The number of hydrogen-bond acceptors (Lipinski definition) is 3. The molecule has 1 fully saturated rings. The van der Waals surface area contributed by atoms with E-state index in [2.05, 4.69) is 5.32 Å². The van der Waals surface area contributed by atoms with Gasteiger partial charge in [-0.05, 0) is 37.1 Å². The van der Waals surface area contributed by atoms with E-state index in [1.807, 2.05) is 24.3 Å². The van der Waals surface area contributed by atoms with Crippen molar-refractivity contribution in [2.24, 2.45) is 0 Å². The maximum Gasteiger partial charge on any atom is 0.0799 e. The zero-order valence-electron chi connectivity index (χ0n) is 9.03. The number of anilines is 1. The Hall–Kier alpha value is -0.770. The molecule has 2 rings (SSSR count). The Labute approximate surface area is 100 Å². The van der Waals surface area contributed by atoms with E-state index in [1.165, 1.54) is 0 Å². The molecule has 0 spiro atoms. The third kappa shape index (κ3) is 2.88. The molecule has 1 aliphatic heterocycles. The molecule has 1 aromatic rings. The summed E-state index contributed by atoms with van der Waals surface area (Å²) in [5.41, 5.74) is 0.957. The van der Waals surface area contributed by atoms with Gasteiger partial charge in [0.1, 0.15) is 0 Å². The van der Waals surface area contributed by atoms with Crippen LogP contribution in [0.4, 0.5) is 5.69 Å². The van der Waals surface area contributed by atoms with Crippen LogP contribution in [0.1, 0.15) is 12.8 Å². The third-order valence-electron chi connectivity index (χ3n) is 2.81. The highest BCUT2D eigenvalue weighted by Gasteiger charge is 2.25. The topological polar surface area (TPSA) is 41.5 Å². The molecule has 1 heterocycles. The van der Waals surface area contributed by atoms with E-state index in [-0.39, 0.29) is 18.8 Å². The molecule has 0 amide bonds. The SMILES string of the molecule is OCC(Nc1ccc(Cl)cc1)C1CCCO1. The number of aliphatic hydroxyl groups excluding tert-OH is 1. The Morgan fingerprint density at radius 3 is 2.75 bits per heavy atom. The van der Waals surface area contributed by atoms with Crippen LogP contribution in [0.5, 0.6) is 0 Å². The normalized spacial score (nSPS) is 22.0. The van der Waals surface area contributed by atoms with Crippen LogP contribution in [0.2, 0.25) is 5.02 Å². The van der Waals surface area contributed by atoms with E-state index in [0.29, 0.717) is 5.02 Å². The smallest absolute Gasteiger partial charge is 0.0799 e. The molecular weight excluding hydrogens is 226 g/mol. The fraction of sp³-hybridized carbons (Fsp3) is 0.500. The molecule has 3 nitrogen and oxygen atoms in total. The van der Waals surface area contributed by atoms with Crippen molar-refractivity contribution in [3.63, 3.8) is 0 Å². The maximum absolute atomic E-state index is 9.33. The van der Waals surface area contributed by atoms with E-state index in [9.17, 15) is 5.11 Å². The molecule has 16 heavy (non-hydrogen) atoms. The molecule has 1 saturated heterocycles. The van der Waals surface area contributed by atoms with Gasteiger partial charge in [-0.25, -0.2) is 0 Å².